The van der Waals surface area contributed by atoms with Crippen LogP contribution in [0.3, 0.4) is 0 Å². The number of hydrogen-bond acceptors (Lipinski definition) is 4. The third kappa shape index (κ3) is 3.66. The second kappa shape index (κ2) is 6.89. The molecule has 0 amide bonds. The summed E-state index contributed by atoms with van der Waals surface area (Å²) in [6, 6.07) is 8.49. The normalized spacial score (nSPS) is 25.7. The fourth-order valence-corrected chi connectivity index (χ4v) is 2.84. The van der Waals surface area contributed by atoms with Crippen LogP contribution in [0.25, 0.3) is 0 Å². The van der Waals surface area contributed by atoms with Gasteiger partial charge in [0.25, 0.3) is 0 Å². The Morgan fingerprint density at radius 2 is 2.04 bits per heavy atom. The number of benzene rings is 1. The summed E-state index contributed by atoms with van der Waals surface area (Å²) in [6.45, 7) is 12.2. The van der Waals surface area contributed by atoms with Crippen LogP contribution in [0.1, 0.15) is 12.0 Å². The van der Waals surface area contributed by atoms with Crippen LogP contribution in [0.4, 0.5) is 5.69 Å². The first-order chi connectivity index (χ1) is 11.5. The van der Waals surface area contributed by atoms with Crippen molar-refractivity contribution in [1.29, 1.82) is 0 Å². The Morgan fingerprint density at radius 1 is 1.29 bits per heavy atom. The highest BCUT2D eigenvalue weighted by atomic mass is 15.4. The maximum atomic E-state index is 6.01. The fraction of sp³-hybridized carbons (Fsp3) is 0.250. The second-order valence-corrected chi connectivity index (χ2v) is 6.36. The maximum absolute atomic E-state index is 6.01. The van der Waals surface area contributed by atoms with Crippen LogP contribution in [-0.2, 0) is 0 Å². The topological polar surface area (TPSA) is 44.9 Å². The van der Waals surface area contributed by atoms with Crippen LogP contribution in [-0.4, -0.2) is 30.2 Å². The summed E-state index contributed by atoms with van der Waals surface area (Å²) >= 11 is 0. The van der Waals surface area contributed by atoms with E-state index in [9.17, 15) is 0 Å². The molecule has 1 unspecified atom stereocenters. The van der Waals surface area contributed by atoms with E-state index in [1.54, 1.807) is 0 Å². The van der Waals surface area contributed by atoms with Gasteiger partial charge in [0.05, 0.1) is 11.9 Å². The molecule has 24 heavy (non-hydrogen) atoms. The van der Waals surface area contributed by atoms with E-state index < -0.39 is 0 Å². The molecule has 0 saturated carbocycles. The number of nitrogens with zero attached hydrogens (tertiary/aromatic N) is 3. The first-order valence-electron chi connectivity index (χ1n) is 8.21. The third-order valence-electron chi connectivity index (χ3n) is 4.33. The molecule has 0 aromatic heterocycles. The molecule has 0 radical (unpaired) electrons. The molecule has 2 aliphatic heterocycles. The van der Waals surface area contributed by atoms with E-state index in [1.165, 1.54) is 5.56 Å². The van der Waals surface area contributed by atoms with Crippen molar-refractivity contribution < 1.29 is 0 Å². The van der Waals surface area contributed by atoms with Crippen molar-refractivity contribution in [3.63, 3.8) is 0 Å². The molecule has 4 nitrogen and oxygen atoms in total. The molecule has 2 aliphatic rings. The third-order valence-corrected chi connectivity index (χ3v) is 4.33. The lowest BCUT2D eigenvalue weighted by Crippen LogP contribution is -2.27. The van der Waals surface area contributed by atoms with Crippen LogP contribution in [0.5, 0.6) is 0 Å². The van der Waals surface area contributed by atoms with Crippen LogP contribution in [0.15, 0.2) is 77.7 Å². The number of rotatable bonds is 3. The summed E-state index contributed by atoms with van der Waals surface area (Å²) in [5, 5.41) is 6.45. The molecule has 4 heteroatoms. The van der Waals surface area contributed by atoms with E-state index in [4.69, 9.17) is 5.73 Å². The number of nitrogens with two attached hydrogens (primary N) is 1. The van der Waals surface area contributed by atoms with Gasteiger partial charge in [0.2, 0.25) is 0 Å². The van der Waals surface area contributed by atoms with Crippen molar-refractivity contribution in [3.8, 4) is 0 Å². The van der Waals surface area contributed by atoms with Crippen molar-refractivity contribution in [2.45, 2.75) is 19.4 Å². The lowest BCUT2D eigenvalue weighted by atomic mass is 10.1. The average Bonchev–Trinajstić information content (AvgIpc) is 2.98. The molecule has 124 valence electrons. The molecule has 3 rings (SSSR count). The highest BCUT2D eigenvalue weighted by Crippen LogP contribution is 2.22. The predicted octanol–water partition coefficient (Wildman–Crippen LogP) is 3.34. The highest BCUT2D eigenvalue weighted by molar-refractivity contribution is 5.86. The van der Waals surface area contributed by atoms with Gasteiger partial charge in [0.1, 0.15) is 0 Å². The molecular weight excluding hydrogens is 296 g/mol. The molecule has 2 N–H and O–H groups in total. The van der Waals surface area contributed by atoms with Gasteiger partial charge in [-0.05, 0) is 43.2 Å². The summed E-state index contributed by atoms with van der Waals surface area (Å²) in [7, 11) is 0. The molecule has 0 aliphatic carbocycles. The fourth-order valence-electron chi connectivity index (χ4n) is 2.84. The van der Waals surface area contributed by atoms with Crippen molar-refractivity contribution in [2.75, 3.05) is 18.1 Å². The molecule has 1 aromatic rings. The van der Waals surface area contributed by atoms with E-state index in [1.807, 2.05) is 29.6 Å². The monoisotopic (exact) mass is 320 g/mol. The van der Waals surface area contributed by atoms with Crippen molar-refractivity contribution in [2.24, 2.45) is 10.8 Å². The van der Waals surface area contributed by atoms with Crippen LogP contribution < -0.4 is 10.7 Å². The summed E-state index contributed by atoms with van der Waals surface area (Å²) < 4.78 is 0. The quantitative estimate of drug-likeness (QED) is 0.929. The minimum atomic E-state index is 0.222. The Hall–Kier alpha value is -2.59. The minimum Gasteiger partial charge on any atom is -0.370 e. The van der Waals surface area contributed by atoms with E-state index in [-0.39, 0.29) is 6.04 Å². The van der Waals surface area contributed by atoms with Gasteiger partial charge in [-0.25, -0.2) is 5.01 Å². The zero-order valence-electron chi connectivity index (χ0n) is 14.2. The molecule has 1 saturated heterocycles. The first-order valence-corrected chi connectivity index (χ1v) is 8.21. The number of hydrazone groups is 1. The Labute approximate surface area is 143 Å². The summed E-state index contributed by atoms with van der Waals surface area (Å²) in [4.78, 5) is 2.22. The highest BCUT2D eigenvalue weighted by Gasteiger charge is 2.21. The molecular formula is C20H24N4. The first kappa shape index (κ1) is 16.3. The number of hydrogen-bond donors (Lipinski definition) is 1. The van der Waals surface area contributed by atoms with Gasteiger partial charge in [-0.3, -0.25) is 0 Å². The zero-order chi connectivity index (χ0) is 17.1. The van der Waals surface area contributed by atoms with E-state index in [0.717, 1.165) is 42.0 Å². The summed E-state index contributed by atoms with van der Waals surface area (Å²) in [5.41, 5.74) is 11.1. The van der Waals surface area contributed by atoms with Gasteiger partial charge < -0.3 is 10.6 Å². The molecule has 0 bridgehead atoms. The lowest BCUT2D eigenvalue weighted by Gasteiger charge is -2.23. The smallest absolute Gasteiger partial charge is 0.0645 e. The molecule has 1 atom stereocenters. The standard InChI is InChI=1S/C20H24N4/c1-15-4-6-20(7-5-15)24-11-8-16(2)12-18(13-22-24)17(3)23-10-9-19(21)14-23/h4-8,11-13,19H,2-3,9-10,14,21H2,1H3/b11-8-,18-12+,22-13-. The summed E-state index contributed by atoms with van der Waals surface area (Å²) in [6.07, 6.45) is 8.74. The SMILES string of the molecule is C=C1/C=C\N(c2ccc(C)cc2)/N=C\C(C(=C)N2CCC(N)C2)=C/1. The second-order valence-electron chi connectivity index (χ2n) is 6.36. The van der Waals surface area contributed by atoms with E-state index in [0.29, 0.717) is 0 Å². The number of anilines is 1. The largest absolute Gasteiger partial charge is 0.370 e. The zero-order valence-corrected chi connectivity index (χ0v) is 14.2. The van der Waals surface area contributed by atoms with Gasteiger partial charge >= 0.3 is 0 Å². The average molecular weight is 320 g/mol. The van der Waals surface area contributed by atoms with Crippen molar-refractivity contribution in [3.05, 3.63) is 78.2 Å². The number of allylic oxidation sites excluding steroid dienone is 4. The van der Waals surface area contributed by atoms with E-state index >= 15 is 0 Å². The Morgan fingerprint density at radius 3 is 2.71 bits per heavy atom. The molecule has 1 aromatic carbocycles. The van der Waals surface area contributed by atoms with Gasteiger partial charge in [-0.2, -0.15) is 5.10 Å². The molecule has 1 fully saturated rings. The van der Waals surface area contributed by atoms with Crippen molar-refractivity contribution in [1.82, 2.24) is 4.90 Å². The van der Waals surface area contributed by atoms with E-state index in [2.05, 4.69) is 54.3 Å². The van der Waals surface area contributed by atoms with Crippen LogP contribution in [0.2, 0.25) is 0 Å². The summed E-state index contributed by atoms with van der Waals surface area (Å²) in [5.74, 6) is 0. The predicted molar refractivity (Wildman–Crippen MR) is 102 cm³/mol. The van der Waals surface area contributed by atoms with Gasteiger partial charge in [0.15, 0.2) is 0 Å². The number of likely N-dealkylation sites (tertiary alicyclic amines) is 1. The maximum Gasteiger partial charge on any atom is 0.0645 e. The van der Waals surface area contributed by atoms with Crippen molar-refractivity contribution >= 4 is 11.9 Å². The minimum absolute atomic E-state index is 0.222. The van der Waals surface area contributed by atoms with Crippen LogP contribution in [0, 0.1) is 6.92 Å². The van der Waals surface area contributed by atoms with Gasteiger partial charge in [-0.1, -0.05) is 30.9 Å². The molecule has 0 spiro atoms. The van der Waals surface area contributed by atoms with Crippen LogP contribution >= 0.6 is 0 Å². The van der Waals surface area contributed by atoms with Gasteiger partial charge in [-0.15, -0.1) is 0 Å². The molecule has 2 heterocycles. The lowest BCUT2D eigenvalue weighted by molar-refractivity contribution is 0.432. The number of aryl methyl sites for hydroxylation is 1. The Kier molecular flexibility index (Phi) is 4.67. The Bertz CT molecular complexity index is 725. The Balaban J connectivity index is 1.84. The van der Waals surface area contributed by atoms with Gasteiger partial charge in [0, 0.05) is 36.6 Å².